The molecule has 0 heterocycles. The summed E-state index contributed by atoms with van der Waals surface area (Å²) in [5.74, 6) is -0.927. The third kappa shape index (κ3) is 5.21. The molecule has 15 heavy (non-hydrogen) atoms. The van der Waals surface area contributed by atoms with E-state index in [-0.39, 0.29) is 17.8 Å². The molecule has 0 saturated carbocycles. The molecule has 0 aliphatic heterocycles. The first kappa shape index (κ1) is 13.7. The van der Waals surface area contributed by atoms with Crippen LogP contribution in [-0.4, -0.2) is 48.5 Å². The Morgan fingerprint density at radius 1 is 1.53 bits per heavy atom. The maximum Gasteiger partial charge on any atom is 0.230 e. The standard InChI is InChI=1S/C9H20N4O2/c1-6(5-13(3)4)11-9(14)7(2)8(10)12-15/h6-7,15H,5H2,1-4H3,(H2,10,12)(H,11,14). The summed E-state index contributed by atoms with van der Waals surface area (Å²) in [6.07, 6.45) is 0. The largest absolute Gasteiger partial charge is 0.409 e. The van der Waals surface area contributed by atoms with Crippen LogP contribution in [0, 0.1) is 5.92 Å². The number of hydrogen-bond donors (Lipinski definition) is 3. The van der Waals surface area contributed by atoms with Gasteiger partial charge in [0.15, 0.2) is 5.84 Å². The quantitative estimate of drug-likeness (QED) is 0.248. The van der Waals surface area contributed by atoms with Crippen LogP contribution in [0.4, 0.5) is 0 Å². The van der Waals surface area contributed by atoms with Gasteiger partial charge < -0.3 is 21.2 Å². The van der Waals surface area contributed by atoms with E-state index in [1.165, 1.54) is 0 Å². The van der Waals surface area contributed by atoms with Gasteiger partial charge in [-0.3, -0.25) is 4.79 Å². The second kappa shape index (κ2) is 6.23. The van der Waals surface area contributed by atoms with Crippen molar-refractivity contribution in [2.24, 2.45) is 16.8 Å². The second-order valence-electron chi connectivity index (χ2n) is 3.92. The van der Waals surface area contributed by atoms with E-state index < -0.39 is 5.92 Å². The Bertz CT molecular complexity index is 240. The van der Waals surface area contributed by atoms with Crippen LogP contribution in [0.3, 0.4) is 0 Å². The minimum absolute atomic E-state index is 0.0291. The van der Waals surface area contributed by atoms with E-state index in [0.29, 0.717) is 0 Å². The lowest BCUT2D eigenvalue weighted by atomic mass is 10.1. The maximum absolute atomic E-state index is 11.5. The van der Waals surface area contributed by atoms with Crippen molar-refractivity contribution < 1.29 is 10.0 Å². The predicted molar refractivity (Wildman–Crippen MR) is 58.7 cm³/mol. The number of rotatable bonds is 5. The van der Waals surface area contributed by atoms with E-state index in [1.54, 1.807) is 6.92 Å². The van der Waals surface area contributed by atoms with Crippen molar-refractivity contribution in [1.29, 1.82) is 0 Å². The Balaban J connectivity index is 4.13. The number of nitrogens with zero attached hydrogens (tertiary/aromatic N) is 2. The Morgan fingerprint density at radius 3 is 2.47 bits per heavy atom. The molecule has 0 radical (unpaired) electrons. The number of likely N-dealkylation sites (N-methyl/N-ethyl adjacent to an activating group) is 1. The smallest absolute Gasteiger partial charge is 0.230 e. The van der Waals surface area contributed by atoms with Gasteiger partial charge in [0.1, 0.15) is 0 Å². The van der Waals surface area contributed by atoms with E-state index in [0.717, 1.165) is 6.54 Å². The summed E-state index contributed by atoms with van der Waals surface area (Å²) in [6.45, 7) is 4.23. The van der Waals surface area contributed by atoms with Crippen LogP contribution in [-0.2, 0) is 4.79 Å². The number of oxime groups is 1. The Hall–Kier alpha value is -1.30. The molecular weight excluding hydrogens is 196 g/mol. The lowest BCUT2D eigenvalue weighted by molar-refractivity contribution is -0.123. The number of nitrogens with two attached hydrogens (primary N) is 1. The highest BCUT2D eigenvalue weighted by Gasteiger charge is 2.19. The van der Waals surface area contributed by atoms with Crippen LogP contribution >= 0.6 is 0 Å². The Kier molecular flexibility index (Phi) is 5.69. The van der Waals surface area contributed by atoms with Crippen LogP contribution in [0.15, 0.2) is 5.16 Å². The predicted octanol–water partition coefficient (Wildman–Crippen LogP) is -0.565. The normalized spacial score (nSPS) is 16.2. The van der Waals surface area contributed by atoms with Crippen LogP contribution in [0.25, 0.3) is 0 Å². The highest BCUT2D eigenvalue weighted by Crippen LogP contribution is 1.96. The lowest BCUT2D eigenvalue weighted by Crippen LogP contribution is -2.44. The maximum atomic E-state index is 11.5. The molecule has 0 aromatic heterocycles. The minimum Gasteiger partial charge on any atom is -0.409 e. The van der Waals surface area contributed by atoms with E-state index in [1.807, 2.05) is 25.9 Å². The highest BCUT2D eigenvalue weighted by molar-refractivity contribution is 6.01. The van der Waals surface area contributed by atoms with E-state index >= 15 is 0 Å². The number of amidine groups is 1. The molecule has 0 aliphatic carbocycles. The third-order valence-corrected chi connectivity index (χ3v) is 1.98. The van der Waals surface area contributed by atoms with Crippen molar-refractivity contribution in [3.8, 4) is 0 Å². The first-order valence-corrected chi connectivity index (χ1v) is 4.81. The average Bonchev–Trinajstić information content (AvgIpc) is 2.13. The van der Waals surface area contributed by atoms with Crippen molar-refractivity contribution in [2.45, 2.75) is 19.9 Å². The number of carbonyl (C=O) groups is 1. The molecule has 0 aliphatic rings. The zero-order chi connectivity index (χ0) is 12.0. The van der Waals surface area contributed by atoms with Gasteiger partial charge in [-0.2, -0.15) is 0 Å². The molecule has 6 heteroatoms. The van der Waals surface area contributed by atoms with Gasteiger partial charge in [0.25, 0.3) is 0 Å². The van der Waals surface area contributed by atoms with Crippen LogP contribution in [0.2, 0.25) is 0 Å². The summed E-state index contributed by atoms with van der Waals surface area (Å²) in [5.41, 5.74) is 5.32. The molecule has 4 N–H and O–H groups in total. The SMILES string of the molecule is CC(CN(C)C)NC(=O)C(C)C(N)=NO. The Morgan fingerprint density at radius 2 is 2.07 bits per heavy atom. The van der Waals surface area contributed by atoms with E-state index in [4.69, 9.17) is 10.9 Å². The third-order valence-electron chi connectivity index (χ3n) is 1.98. The summed E-state index contributed by atoms with van der Waals surface area (Å²) >= 11 is 0. The van der Waals surface area contributed by atoms with Gasteiger partial charge in [-0.15, -0.1) is 0 Å². The zero-order valence-electron chi connectivity index (χ0n) is 9.69. The van der Waals surface area contributed by atoms with Gasteiger partial charge in [-0.1, -0.05) is 5.16 Å². The van der Waals surface area contributed by atoms with Gasteiger partial charge >= 0.3 is 0 Å². The number of nitrogens with one attached hydrogen (secondary N) is 1. The van der Waals surface area contributed by atoms with Gasteiger partial charge in [0.2, 0.25) is 5.91 Å². The fraction of sp³-hybridized carbons (Fsp3) is 0.778. The molecule has 0 fully saturated rings. The summed E-state index contributed by atoms with van der Waals surface area (Å²) in [4.78, 5) is 13.5. The van der Waals surface area contributed by atoms with Crippen LogP contribution < -0.4 is 11.1 Å². The van der Waals surface area contributed by atoms with Crippen molar-refractivity contribution in [3.05, 3.63) is 0 Å². The van der Waals surface area contributed by atoms with E-state index in [9.17, 15) is 4.79 Å². The molecule has 2 atom stereocenters. The fourth-order valence-corrected chi connectivity index (χ4v) is 1.18. The summed E-state index contributed by atoms with van der Waals surface area (Å²) in [6, 6.07) is 0.0291. The molecule has 0 rings (SSSR count). The number of hydrogen-bond acceptors (Lipinski definition) is 4. The summed E-state index contributed by atoms with van der Waals surface area (Å²) in [7, 11) is 3.85. The molecule has 0 aromatic rings. The zero-order valence-corrected chi connectivity index (χ0v) is 9.69. The van der Waals surface area contributed by atoms with Crippen LogP contribution in [0.1, 0.15) is 13.8 Å². The molecule has 0 bridgehead atoms. The second-order valence-corrected chi connectivity index (χ2v) is 3.92. The van der Waals surface area contributed by atoms with Crippen molar-refractivity contribution in [1.82, 2.24) is 10.2 Å². The van der Waals surface area contributed by atoms with Crippen molar-refractivity contribution in [3.63, 3.8) is 0 Å². The fourth-order valence-electron chi connectivity index (χ4n) is 1.18. The van der Waals surface area contributed by atoms with E-state index in [2.05, 4.69) is 10.5 Å². The van der Waals surface area contributed by atoms with Gasteiger partial charge in [0, 0.05) is 12.6 Å². The average molecular weight is 216 g/mol. The molecular formula is C9H20N4O2. The molecule has 0 saturated heterocycles. The van der Waals surface area contributed by atoms with Gasteiger partial charge in [0.05, 0.1) is 5.92 Å². The number of amides is 1. The Labute approximate surface area is 90.1 Å². The minimum atomic E-state index is -0.611. The monoisotopic (exact) mass is 216 g/mol. The molecule has 1 amide bonds. The van der Waals surface area contributed by atoms with Crippen molar-refractivity contribution >= 4 is 11.7 Å². The lowest BCUT2D eigenvalue weighted by Gasteiger charge is -2.20. The van der Waals surface area contributed by atoms with Crippen LogP contribution in [0.5, 0.6) is 0 Å². The molecule has 0 spiro atoms. The number of carbonyl (C=O) groups excluding carboxylic acids is 1. The molecule has 88 valence electrons. The molecule has 6 nitrogen and oxygen atoms in total. The first-order valence-electron chi connectivity index (χ1n) is 4.81. The van der Waals surface area contributed by atoms with Crippen molar-refractivity contribution in [2.75, 3.05) is 20.6 Å². The topological polar surface area (TPSA) is 91.0 Å². The molecule has 0 aromatic carbocycles. The van der Waals surface area contributed by atoms with Gasteiger partial charge in [-0.05, 0) is 27.9 Å². The summed E-state index contributed by atoms with van der Waals surface area (Å²) in [5, 5.41) is 14.0. The van der Waals surface area contributed by atoms with Gasteiger partial charge in [-0.25, -0.2) is 0 Å². The molecule has 2 unspecified atom stereocenters. The summed E-state index contributed by atoms with van der Waals surface area (Å²) < 4.78 is 0. The highest BCUT2D eigenvalue weighted by atomic mass is 16.4. The first-order chi connectivity index (χ1) is 6.88.